The van der Waals surface area contributed by atoms with Gasteiger partial charge in [-0.3, -0.25) is 14.5 Å². The van der Waals surface area contributed by atoms with E-state index in [2.05, 4.69) is 63.7 Å². The molecule has 1 unspecified atom stereocenters. The highest BCUT2D eigenvalue weighted by molar-refractivity contribution is 6.35. The number of likely N-dealkylation sites (tertiary alicyclic amines) is 1. The summed E-state index contributed by atoms with van der Waals surface area (Å²) in [5.74, 6) is 0.386. The van der Waals surface area contributed by atoms with Crippen molar-refractivity contribution in [2.24, 2.45) is 0 Å². The van der Waals surface area contributed by atoms with Crippen LogP contribution in [-0.4, -0.2) is 60.0 Å². The number of urea groups is 1. The van der Waals surface area contributed by atoms with Crippen LogP contribution in [0.1, 0.15) is 49.8 Å². The van der Waals surface area contributed by atoms with Crippen LogP contribution in [0, 0.1) is 0 Å². The van der Waals surface area contributed by atoms with E-state index in [1.165, 1.54) is 18.2 Å². The Hall–Kier alpha value is -4.30. The van der Waals surface area contributed by atoms with E-state index in [1.807, 2.05) is 29.2 Å². The molecule has 2 aliphatic heterocycles. The molecule has 1 aromatic heterocycles. The molecule has 0 aliphatic carbocycles. The smallest absolute Gasteiger partial charge is 0.321 e. The Morgan fingerprint density at radius 1 is 1.00 bits per heavy atom. The first-order chi connectivity index (χ1) is 21.9. The minimum absolute atomic E-state index is 0.0446. The number of anilines is 1. The molecule has 4 amide bonds. The van der Waals surface area contributed by atoms with Crippen LogP contribution in [0.3, 0.4) is 0 Å². The van der Waals surface area contributed by atoms with E-state index in [-0.39, 0.29) is 23.8 Å². The molecule has 2 aliphatic rings. The van der Waals surface area contributed by atoms with Crippen molar-refractivity contribution in [1.29, 1.82) is 0 Å². The Bertz CT molecular complexity index is 1680. The van der Waals surface area contributed by atoms with Gasteiger partial charge in [-0.05, 0) is 72.7 Å². The van der Waals surface area contributed by atoms with Crippen molar-refractivity contribution in [2.75, 3.05) is 37.6 Å². The standard InChI is InChI=1S/C36H40ClN5O3/c1-25(43)38-18-22-42-33-8-3-7-32(37)31(33)23-34(42)29-6-4-20-40(24-29)35(44)9-2-5-26-10-12-27(13-11-26)28-14-16-30(17-15-28)41-21-19-39-36(41)45/h3,7-8,10-17,23,29H,2,4-6,9,18-22,24H2,1H3,(H,38,43)(H,39,45). The fourth-order valence-electron chi connectivity index (χ4n) is 6.66. The molecule has 0 radical (unpaired) electrons. The maximum Gasteiger partial charge on any atom is 0.321 e. The number of hydrogen-bond donors (Lipinski definition) is 2. The van der Waals surface area contributed by atoms with Gasteiger partial charge < -0.3 is 20.1 Å². The Morgan fingerprint density at radius 2 is 1.76 bits per heavy atom. The van der Waals surface area contributed by atoms with Crippen molar-refractivity contribution in [3.8, 4) is 11.1 Å². The number of rotatable bonds is 10. The van der Waals surface area contributed by atoms with Crippen LogP contribution in [-0.2, 0) is 22.6 Å². The van der Waals surface area contributed by atoms with Gasteiger partial charge in [-0.25, -0.2) is 4.79 Å². The van der Waals surface area contributed by atoms with Crippen molar-refractivity contribution in [2.45, 2.75) is 51.5 Å². The molecule has 8 nitrogen and oxygen atoms in total. The zero-order valence-corrected chi connectivity index (χ0v) is 26.5. The molecule has 2 fully saturated rings. The first kappa shape index (κ1) is 30.7. The normalized spacial score (nSPS) is 16.7. The second kappa shape index (κ2) is 13.8. The van der Waals surface area contributed by atoms with Gasteiger partial charge in [-0.1, -0.05) is 54.1 Å². The maximum atomic E-state index is 13.3. The van der Waals surface area contributed by atoms with Crippen LogP contribution in [0.4, 0.5) is 10.5 Å². The summed E-state index contributed by atoms with van der Waals surface area (Å²) in [6.07, 6.45) is 4.16. The zero-order chi connectivity index (χ0) is 31.3. The highest BCUT2D eigenvalue weighted by Crippen LogP contribution is 2.35. The number of carbonyl (C=O) groups excluding carboxylic acids is 3. The number of amides is 4. The Labute approximate surface area is 269 Å². The van der Waals surface area contributed by atoms with Gasteiger partial charge in [0.2, 0.25) is 11.8 Å². The number of fused-ring (bicyclic) bond motifs is 1. The van der Waals surface area contributed by atoms with Crippen LogP contribution in [0.5, 0.6) is 0 Å². The third-order valence-electron chi connectivity index (χ3n) is 9.01. The summed E-state index contributed by atoms with van der Waals surface area (Å²) < 4.78 is 2.26. The molecule has 1 atom stereocenters. The molecule has 2 N–H and O–H groups in total. The Kier molecular flexibility index (Phi) is 9.40. The number of carbonyl (C=O) groups is 3. The molecule has 45 heavy (non-hydrogen) atoms. The molecule has 0 saturated carbocycles. The third kappa shape index (κ3) is 7.01. The minimum atomic E-state index is -0.0462. The van der Waals surface area contributed by atoms with Crippen molar-refractivity contribution in [1.82, 2.24) is 20.1 Å². The van der Waals surface area contributed by atoms with Gasteiger partial charge in [-0.2, -0.15) is 0 Å². The fraction of sp³-hybridized carbons (Fsp3) is 0.361. The van der Waals surface area contributed by atoms with Gasteiger partial charge in [0, 0.05) is 85.8 Å². The highest BCUT2D eigenvalue weighted by atomic mass is 35.5. The molecule has 3 heterocycles. The topological polar surface area (TPSA) is 86.7 Å². The molecular weight excluding hydrogens is 586 g/mol. The van der Waals surface area contributed by atoms with E-state index in [1.54, 1.807) is 4.90 Å². The van der Waals surface area contributed by atoms with E-state index in [4.69, 9.17) is 11.6 Å². The van der Waals surface area contributed by atoms with Gasteiger partial charge in [0.15, 0.2) is 0 Å². The van der Waals surface area contributed by atoms with E-state index in [0.29, 0.717) is 39.1 Å². The first-order valence-electron chi connectivity index (χ1n) is 15.9. The van der Waals surface area contributed by atoms with Gasteiger partial charge in [0.05, 0.1) is 0 Å². The SMILES string of the molecule is CC(=O)NCCn1c(C2CCCN(C(=O)CCCc3ccc(-c4ccc(N5CCNC5=O)cc4)cc3)C2)cc2c(Cl)cccc21. The lowest BCUT2D eigenvalue weighted by Gasteiger charge is -2.33. The number of benzene rings is 3. The van der Waals surface area contributed by atoms with Crippen LogP contribution >= 0.6 is 11.6 Å². The second-order valence-electron chi connectivity index (χ2n) is 12.0. The second-order valence-corrected chi connectivity index (χ2v) is 12.4. The summed E-state index contributed by atoms with van der Waals surface area (Å²) in [5.41, 5.74) is 6.60. The lowest BCUT2D eigenvalue weighted by atomic mass is 9.94. The van der Waals surface area contributed by atoms with Gasteiger partial charge >= 0.3 is 6.03 Å². The highest BCUT2D eigenvalue weighted by Gasteiger charge is 2.28. The zero-order valence-electron chi connectivity index (χ0n) is 25.7. The minimum Gasteiger partial charge on any atom is -0.355 e. The van der Waals surface area contributed by atoms with Crippen molar-refractivity contribution in [3.05, 3.63) is 89.1 Å². The molecule has 2 saturated heterocycles. The number of aryl methyl sites for hydroxylation is 1. The molecule has 0 bridgehead atoms. The van der Waals surface area contributed by atoms with Crippen molar-refractivity contribution < 1.29 is 14.4 Å². The molecule has 3 aromatic carbocycles. The predicted octanol–water partition coefficient (Wildman–Crippen LogP) is 6.36. The summed E-state index contributed by atoms with van der Waals surface area (Å²) >= 11 is 6.56. The largest absolute Gasteiger partial charge is 0.355 e. The van der Waals surface area contributed by atoms with E-state index in [0.717, 1.165) is 65.0 Å². The Balaban J connectivity index is 1.04. The van der Waals surface area contributed by atoms with Gasteiger partial charge in [0.25, 0.3) is 0 Å². The van der Waals surface area contributed by atoms with E-state index in [9.17, 15) is 14.4 Å². The predicted molar refractivity (Wildman–Crippen MR) is 180 cm³/mol. The van der Waals surface area contributed by atoms with Crippen LogP contribution in [0.15, 0.2) is 72.8 Å². The first-order valence-corrected chi connectivity index (χ1v) is 16.3. The van der Waals surface area contributed by atoms with Crippen molar-refractivity contribution in [3.63, 3.8) is 0 Å². The van der Waals surface area contributed by atoms with Crippen LogP contribution in [0.25, 0.3) is 22.0 Å². The maximum absolute atomic E-state index is 13.3. The third-order valence-corrected chi connectivity index (χ3v) is 9.34. The van der Waals surface area contributed by atoms with Crippen molar-refractivity contribution >= 4 is 46.0 Å². The quantitative estimate of drug-likeness (QED) is 0.215. The summed E-state index contributed by atoms with van der Waals surface area (Å²) in [6, 6.07) is 24.7. The lowest BCUT2D eigenvalue weighted by Crippen LogP contribution is -2.39. The van der Waals surface area contributed by atoms with Gasteiger partial charge in [-0.15, -0.1) is 0 Å². The van der Waals surface area contributed by atoms with E-state index >= 15 is 0 Å². The van der Waals surface area contributed by atoms with Gasteiger partial charge in [0.1, 0.15) is 0 Å². The summed E-state index contributed by atoms with van der Waals surface area (Å²) in [4.78, 5) is 40.6. The lowest BCUT2D eigenvalue weighted by molar-refractivity contribution is -0.132. The number of aromatic nitrogens is 1. The number of nitrogens with zero attached hydrogens (tertiary/aromatic N) is 3. The summed E-state index contributed by atoms with van der Waals surface area (Å²) in [6.45, 7) is 5.58. The molecule has 234 valence electrons. The number of nitrogens with one attached hydrogen (secondary N) is 2. The summed E-state index contributed by atoms with van der Waals surface area (Å²) in [5, 5.41) is 7.48. The molecule has 9 heteroatoms. The Morgan fingerprint density at radius 3 is 2.47 bits per heavy atom. The molecular formula is C36H40ClN5O3. The van der Waals surface area contributed by atoms with Crippen LogP contribution < -0.4 is 15.5 Å². The average molecular weight is 626 g/mol. The number of halogens is 1. The fourth-order valence-corrected chi connectivity index (χ4v) is 6.89. The number of piperidine rings is 1. The summed E-state index contributed by atoms with van der Waals surface area (Å²) in [7, 11) is 0. The monoisotopic (exact) mass is 625 g/mol. The van der Waals surface area contributed by atoms with Crippen LogP contribution in [0.2, 0.25) is 5.02 Å². The average Bonchev–Trinajstić information content (AvgIpc) is 3.65. The molecule has 0 spiro atoms. The molecule has 6 rings (SSSR count). The number of hydrogen-bond acceptors (Lipinski definition) is 3. The molecule has 4 aromatic rings. The van der Waals surface area contributed by atoms with E-state index < -0.39 is 0 Å².